The van der Waals surface area contributed by atoms with E-state index in [4.69, 9.17) is 17.3 Å². The molecule has 0 fully saturated rings. The van der Waals surface area contributed by atoms with E-state index in [1.54, 1.807) is 6.20 Å². The summed E-state index contributed by atoms with van der Waals surface area (Å²) in [5.74, 6) is 0. The van der Waals surface area contributed by atoms with Crippen LogP contribution in [0.25, 0.3) is 11.3 Å². The van der Waals surface area contributed by atoms with E-state index in [1.165, 1.54) is 0 Å². The quantitative estimate of drug-likeness (QED) is 0.819. The van der Waals surface area contributed by atoms with Crippen LogP contribution in [0.4, 0.5) is 0 Å². The van der Waals surface area contributed by atoms with Crippen molar-refractivity contribution in [1.29, 1.82) is 0 Å². The average Bonchev–Trinajstić information content (AvgIpc) is 2.81. The highest BCUT2D eigenvalue weighted by atomic mass is 35.5. The van der Waals surface area contributed by atoms with Crippen molar-refractivity contribution < 1.29 is 0 Å². The zero-order chi connectivity index (χ0) is 13.8. The van der Waals surface area contributed by atoms with Gasteiger partial charge in [0, 0.05) is 43.2 Å². The molecule has 2 rings (SSSR count). The molecule has 0 aliphatic carbocycles. The van der Waals surface area contributed by atoms with Gasteiger partial charge in [0.2, 0.25) is 0 Å². The Morgan fingerprint density at radius 3 is 2.95 bits per heavy atom. The Bertz CT molecular complexity index is 552. The number of hydrogen-bond acceptors (Lipinski definition) is 4. The Kier molecular flexibility index (Phi) is 4.52. The highest BCUT2D eigenvalue weighted by Crippen LogP contribution is 2.24. The monoisotopic (exact) mass is 279 g/mol. The third kappa shape index (κ3) is 3.32. The number of aromatic amines is 1. The van der Waals surface area contributed by atoms with Crippen molar-refractivity contribution in [2.24, 2.45) is 5.73 Å². The molecule has 0 unspecified atom stereocenters. The minimum absolute atomic E-state index is 0.529. The highest BCUT2D eigenvalue weighted by Gasteiger charge is 2.11. The Labute approximate surface area is 117 Å². The van der Waals surface area contributed by atoms with E-state index in [0.717, 1.165) is 35.5 Å². The van der Waals surface area contributed by atoms with Crippen LogP contribution in [0.15, 0.2) is 18.5 Å². The van der Waals surface area contributed by atoms with Gasteiger partial charge in [-0.05, 0) is 25.6 Å². The van der Waals surface area contributed by atoms with Crippen molar-refractivity contribution in [3.63, 3.8) is 0 Å². The lowest BCUT2D eigenvalue weighted by Gasteiger charge is -2.15. The summed E-state index contributed by atoms with van der Waals surface area (Å²) in [5.41, 5.74) is 9.51. The summed E-state index contributed by atoms with van der Waals surface area (Å²) in [6.45, 7) is 4.23. The normalized spacial score (nSPS) is 11.2. The molecule has 2 heterocycles. The van der Waals surface area contributed by atoms with Crippen LogP contribution in [0.5, 0.6) is 0 Å². The predicted molar refractivity (Wildman–Crippen MR) is 77.0 cm³/mol. The molecule has 0 amide bonds. The first-order valence-electron chi connectivity index (χ1n) is 6.15. The third-order valence-corrected chi connectivity index (χ3v) is 3.35. The minimum atomic E-state index is 0.529. The molecule has 2 aromatic rings. The van der Waals surface area contributed by atoms with Gasteiger partial charge in [-0.2, -0.15) is 5.10 Å². The summed E-state index contributed by atoms with van der Waals surface area (Å²) < 4.78 is 0. The van der Waals surface area contributed by atoms with E-state index >= 15 is 0 Å². The molecule has 0 aliphatic rings. The fourth-order valence-corrected chi connectivity index (χ4v) is 2.07. The Morgan fingerprint density at radius 2 is 2.26 bits per heavy atom. The maximum absolute atomic E-state index is 5.95. The smallest absolute Gasteiger partial charge is 0.131 e. The SMILES string of the molecule is Cc1cc(-c2n[nH]cc2CN(C)CCN)cnc1Cl. The number of nitrogens with two attached hydrogens (primary N) is 1. The zero-order valence-electron chi connectivity index (χ0n) is 11.2. The standard InChI is InChI=1S/C13H18ClN5/c1-9-5-10(6-16-13(9)14)12-11(7-17-18-12)8-19(2)4-3-15/h5-7H,3-4,8,15H2,1-2H3,(H,17,18). The van der Waals surface area contributed by atoms with Gasteiger partial charge in [0.25, 0.3) is 0 Å². The van der Waals surface area contributed by atoms with E-state index in [1.807, 2.05) is 26.2 Å². The van der Waals surface area contributed by atoms with Crippen LogP contribution >= 0.6 is 11.6 Å². The summed E-state index contributed by atoms with van der Waals surface area (Å²) in [4.78, 5) is 6.33. The van der Waals surface area contributed by atoms with Crippen LogP contribution in [0.1, 0.15) is 11.1 Å². The summed E-state index contributed by atoms with van der Waals surface area (Å²) in [6, 6.07) is 2.00. The first kappa shape index (κ1) is 14.0. The molecule has 0 radical (unpaired) electrons. The maximum atomic E-state index is 5.95. The molecule has 2 aromatic heterocycles. The number of aromatic nitrogens is 3. The van der Waals surface area contributed by atoms with Gasteiger partial charge in [0.05, 0.1) is 5.69 Å². The number of halogens is 1. The predicted octanol–water partition coefficient (Wildman–Crippen LogP) is 1.82. The molecular formula is C13H18ClN5. The van der Waals surface area contributed by atoms with Crippen LogP contribution in [0.2, 0.25) is 5.15 Å². The topological polar surface area (TPSA) is 70.8 Å². The second kappa shape index (κ2) is 6.14. The maximum Gasteiger partial charge on any atom is 0.131 e. The molecular weight excluding hydrogens is 262 g/mol. The van der Waals surface area contributed by atoms with E-state index in [9.17, 15) is 0 Å². The Morgan fingerprint density at radius 1 is 1.47 bits per heavy atom. The van der Waals surface area contributed by atoms with Crippen molar-refractivity contribution in [2.45, 2.75) is 13.5 Å². The van der Waals surface area contributed by atoms with Gasteiger partial charge in [-0.3, -0.25) is 5.10 Å². The van der Waals surface area contributed by atoms with Crippen LogP contribution in [0, 0.1) is 6.92 Å². The van der Waals surface area contributed by atoms with E-state index in [2.05, 4.69) is 20.1 Å². The summed E-state index contributed by atoms with van der Waals surface area (Å²) in [6.07, 6.45) is 3.66. The highest BCUT2D eigenvalue weighted by molar-refractivity contribution is 6.30. The third-order valence-electron chi connectivity index (χ3n) is 2.96. The zero-order valence-corrected chi connectivity index (χ0v) is 11.9. The van der Waals surface area contributed by atoms with Gasteiger partial charge in [0.15, 0.2) is 0 Å². The molecule has 0 saturated heterocycles. The van der Waals surface area contributed by atoms with Gasteiger partial charge < -0.3 is 10.6 Å². The number of likely N-dealkylation sites (N-methyl/N-ethyl adjacent to an activating group) is 1. The Balaban J connectivity index is 2.25. The molecule has 0 atom stereocenters. The largest absolute Gasteiger partial charge is 0.329 e. The summed E-state index contributed by atoms with van der Waals surface area (Å²) in [5, 5.41) is 7.74. The van der Waals surface area contributed by atoms with E-state index in [0.29, 0.717) is 11.7 Å². The lowest BCUT2D eigenvalue weighted by Crippen LogP contribution is -2.25. The number of nitrogens with one attached hydrogen (secondary N) is 1. The molecule has 6 heteroatoms. The lowest BCUT2D eigenvalue weighted by atomic mass is 10.1. The van der Waals surface area contributed by atoms with Gasteiger partial charge >= 0.3 is 0 Å². The first-order chi connectivity index (χ1) is 9.11. The summed E-state index contributed by atoms with van der Waals surface area (Å²) in [7, 11) is 2.04. The molecule has 0 aliphatic heterocycles. The minimum Gasteiger partial charge on any atom is -0.329 e. The molecule has 3 N–H and O–H groups in total. The fourth-order valence-electron chi connectivity index (χ4n) is 1.96. The molecule has 102 valence electrons. The van der Waals surface area contributed by atoms with Crippen LogP contribution in [-0.4, -0.2) is 40.2 Å². The van der Waals surface area contributed by atoms with Gasteiger partial charge in [-0.1, -0.05) is 11.6 Å². The van der Waals surface area contributed by atoms with Crippen molar-refractivity contribution in [2.75, 3.05) is 20.1 Å². The van der Waals surface area contributed by atoms with Gasteiger partial charge in [-0.15, -0.1) is 0 Å². The van der Waals surface area contributed by atoms with Crippen molar-refractivity contribution in [1.82, 2.24) is 20.1 Å². The van der Waals surface area contributed by atoms with Crippen LogP contribution in [-0.2, 0) is 6.54 Å². The number of H-pyrrole nitrogens is 1. The van der Waals surface area contributed by atoms with E-state index in [-0.39, 0.29) is 0 Å². The van der Waals surface area contributed by atoms with Crippen molar-refractivity contribution >= 4 is 11.6 Å². The van der Waals surface area contributed by atoms with E-state index < -0.39 is 0 Å². The first-order valence-corrected chi connectivity index (χ1v) is 6.53. The number of nitrogens with zero attached hydrogens (tertiary/aromatic N) is 3. The molecule has 0 spiro atoms. The molecule has 19 heavy (non-hydrogen) atoms. The van der Waals surface area contributed by atoms with Crippen LogP contribution < -0.4 is 5.73 Å². The van der Waals surface area contributed by atoms with Gasteiger partial charge in [-0.25, -0.2) is 4.98 Å². The van der Waals surface area contributed by atoms with Gasteiger partial charge in [0.1, 0.15) is 5.15 Å². The fraction of sp³-hybridized carbons (Fsp3) is 0.385. The average molecular weight is 280 g/mol. The Hall–Kier alpha value is -1.43. The molecule has 0 saturated carbocycles. The summed E-state index contributed by atoms with van der Waals surface area (Å²) >= 11 is 5.95. The second-order valence-corrected chi connectivity index (χ2v) is 4.98. The second-order valence-electron chi connectivity index (χ2n) is 4.62. The lowest BCUT2D eigenvalue weighted by molar-refractivity contribution is 0.337. The molecule has 0 aromatic carbocycles. The molecule has 5 nitrogen and oxygen atoms in total. The van der Waals surface area contributed by atoms with Crippen molar-refractivity contribution in [3.05, 3.63) is 34.7 Å². The van der Waals surface area contributed by atoms with Crippen LogP contribution in [0.3, 0.4) is 0 Å². The number of hydrogen-bond donors (Lipinski definition) is 2. The van der Waals surface area contributed by atoms with Crippen molar-refractivity contribution in [3.8, 4) is 11.3 Å². The number of rotatable bonds is 5. The number of aryl methyl sites for hydroxylation is 1. The number of pyridine rings is 1. The molecule has 0 bridgehead atoms.